The van der Waals surface area contributed by atoms with Crippen molar-refractivity contribution in [3.8, 4) is 0 Å². The molecule has 1 nitrogen and oxygen atoms in total. The average molecular weight is 255 g/mol. The summed E-state index contributed by atoms with van der Waals surface area (Å²) >= 11 is 2.06. The van der Waals surface area contributed by atoms with Crippen molar-refractivity contribution in [1.29, 1.82) is 0 Å². The lowest BCUT2D eigenvalue weighted by molar-refractivity contribution is 0.228. The first-order valence-electron chi connectivity index (χ1n) is 7.48. The van der Waals surface area contributed by atoms with Gasteiger partial charge in [0.1, 0.15) is 0 Å². The van der Waals surface area contributed by atoms with Gasteiger partial charge in [-0.25, -0.2) is 0 Å². The molecule has 2 aliphatic carbocycles. The number of nitrogens with one attached hydrogen (secondary N) is 1. The van der Waals surface area contributed by atoms with Crippen molar-refractivity contribution in [2.75, 3.05) is 6.26 Å². The first-order chi connectivity index (χ1) is 8.19. The molecule has 0 aromatic heterocycles. The molecule has 2 saturated carbocycles. The Labute approximate surface area is 112 Å². The molecular weight excluding hydrogens is 226 g/mol. The lowest BCUT2D eigenvalue weighted by Crippen LogP contribution is -2.40. The van der Waals surface area contributed by atoms with Crippen LogP contribution < -0.4 is 5.32 Å². The van der Waals surface area contributed by atoms with E-state index in [9.17, 15) is 0 Å². The standard InChI is InChI=1S/C15H29NS/c1-11(2)12-4-6-13(7-5-12)16-14-8-9-15(10-14)17-3/h11-16H,4-10H2,1-3H3. The summed E-state index contributed by atoms with van der Waals surface area (Å²) in [6, 6.07) is 1.66. The predicted molar refractivity (Wildman–Crippen MR) is 78.7 cm³/mol. The second-order valence-electron chi connectivity index (χ2n) is 6.39. The second-order valence-corrected chi connectivity index (χ2v) is 7.53. The fourth-order valence-electron chi connectivity index (χ4n) is 3.59. The minimum atomic E-state index is 0.827. The Bertz CT molecular complexity index is 221. The Kier molecular flexibility index (Phi) is 5.23. The summed E-state index contributed by atoms with van der Waals surface area (Å²) in [5.74, 6) is 1.89. The molecular formula is C15H29NS. The van der Waals surface area contributed by atoms with Crippen molar-refractivity contribution in [3.05, 3.63) is 0 Å². The van der Waals surface area contributed by atoms with E-state index in [1.807, 2.05) is 0 Å². The van der Waals surface area contributed by atoms with Crippen LogP contribution in [0, 0.1) is 11.8 Å². The monoisotopic (exact) mass is 255 g/mol. The van der Waals surface area contributed by atoms with Gasteiger partial charge >= 0.3 is 0 Å². The summed E-state index contributed by atoms with van der Waals surface area (Å²) in [5.41, 5.74) is 0. The van der Waals surface area contributed by atoms with E-state index in [4.69, 9.17) is 0 Å². The smallest absolute Gasteiger partial charge is 0.00805 e. The largest absolute Gasteiger partial charge is 0.311 e. The summed E-state index contributed by atoms with van der Waals surface area (Å²) < 4.78 is 0. The van der Waals surface area contributed by atoms with Crippen LogP contribution in [0.15, 0.2) is 0 Å². The molecule has 0 heterocycles. The molecule has 0 amide bonds. The normalized spacial score (nSPS) is 38.8. The molecule has 0 aliphatic heterocycles. The molecule has 0 aromatic carbocycles. The molecule has 0 saturated heterocycles. The van der Waals surface area contributed by atoms with Crippen molar-refractivity contribution in [1.82, 2.24) is 5.32 Å². The predicted octanol–water partition coefficient (Wildman–Crippen LogP) is 4.07. The summed E-state index contributed by atoms with van der Waals surface area (Å²) in [5, 5.41) is 4.86. The number of thioether (sulfide) groups is 1. The van der Waals surface area contributed by atoms with Gasteiger partial charge in [-0.15, -0.1) is 0 Å². The van der Waals surface area contributed by atoms with Gasteiger partial charge in [-0.3, -0.25) is 0 Å². The maximum atomic E-state index is 3.93. The summed E-state index contributed by atoms with van der Waals surface area (Å²) in [7, 11) is 0. The number of hydrogen-bond acceptors (Lipinski definition) is 2. The van der Waals surface area contributed by atoms with Gasteiger partial charge in [-0.2, -0.15) is 11.8 Å². The van der Waals surface area contributed by atoms with Crippen molar-refractivity contribution >= 4 is 11.8 Å². The van der Waals surface area contributed by atoms with E-state index in [1.165, 1.54) is 44.9 Å². The Balaban J connectivity index is 1.68. The summed E-state index contributed by atoms with van der Waals surface area (Å²) in [4.78, 5) is 0. The fourth-order valence-corrected chi connectivity index (χ4v) is 4.39. The third-order valence-electron chi connectivity index (χ3n) is 4.90. The van der Waals surface area contributed by atoms with Gasteiger partial charge < -0.3 is 5.32 Å². The van der Waals surface area contributed by atoms with Crippen LogP contribution in [0.25, 0.3) is 0 Å². The van der Waals surface area contributed by atoms with E-state index < -0.39 is 0 Å². The first kappa shape index (κ1) is 13.7. The minimum absolute atomic E-state index is 0.827. The molecule has 0 spiro atoms. The van der Waals surface area contributed by atoms with Gasteiger partial charge in [-0.05, 0) is 63.0 Å². The van der Waals surface area contributed by atoms with E-state index in [2.05, 4.69) is 37.2 Å². The highest BCUT2D eigenvalue weighted by molar-refractivity contribution is 7.99. The van der Waals surface area contributed by atoms with E-state index in [0.717, 1.165) is 29.2 Å². The van der Waals surface area contributed by atoms with Gasteiger partial charge in [0.15, 0.2) is 0 Å². The molecule has 2 atom stereocenters. The Morgan fingerprint density at radius 1 is 0.941 bits per heavy atom. The van der Waals surface area contributed by atoms with Gasteiger partial charge in [-0.1, -0.05) is 13.8 Å². The van der Waals surface area contributed by atoms with Crippen molar-refractivity contribution in [2.45, 2.75) is 76.1 Å². The average Bonchev–Trinajstić information content (AvgIpc) is 2.77. The fraction of sp³-hybridized carbons (Fsp3) is 1.00. The van der Waals surface area contributed by atoms with Crippen LogP contribution >= 0.6 is 11.8 Å². The molecule has 1 N–H and O–H groups in total. The Morgan fingerprint density at radius 3 is 2.12 bits per heavy atom. The second kappa shape index (κ2) is 6.47. The van der Waals surface area contributed by atoms with E-state index in [0.29, 0.717) is 0 Å². The Hall–Kier alpha value is 0.310. The van der Waals surface area contributed by atoms with Gasteiger partial charge in [0.05, 0.1) is 0 Å². The van der Waals surface area contributed by atoms with Crippen LogP contribution in [0.5, 0.6) is 0 Å². The van der Waals surface area contributed by atoms with Crippen LogP contribution in [0.1, 0.15) is 58.8 Å². The lowest BCUT2D eigenvalue weighted by Gasteiger charge is -2.33. The molecule has 0 bridgehead atoms. The van der Waals surface area contributed by atoms with Gasteiger partial charge in [0, 0.05) is 17.3 Å². The molecule has 2 aliphatic rings. The highest BCUT2D eigenvalue weighted by Crippen LogP contribution is 2.32. The molecule has 0 aromatic rings. The molecule has 0 radical (unpaired) electrons. The zero-order chi connectivity index (χ0) is 12.3. The molecule has 2 unspecified atom stereocenters. The lowest BCUT2D eigenvalue weighted by atomic mass is 9.79. The van der Waals surface area contributed by atoms with Gasteiger partial charge in [0.25, 0.3) is 0 Å². The van der Waals surface area contributed by atoms with E-state index in [1.54, 1.807) is 0 Å². The highest BCUT2D eigenvalue weighted by atomic mass is 32.2. The zero-order valence-corrected chi connectivity index (χ0v) is 12.6. The maximum absolute atomic E-state index is 3.93. The van der Waals surface area contributed by atoms with Crippen LogP contribution in [0.4, 0.5) is 0 Å². The van der Waals surface area contributed by atoms with Gasteiger partial charge in [0.2, 0.25) is 0 Å². The first-order valence-corrected chi connectivity index (χ1v) is 8.76. The molecule has 2 rings (SSSR count). The van der Waals surface area contributed by atoms with Crippen LogP contribution in [0.3, 0.4) is 0 Å². The third kappa shape index (κ3) is 3.89. The van der Waals surface area contributed by atoms with Crippen LogP contribution in [-0.2, 0) is 0 Å². The SMILES string of the molecule is CSC1CCC(NC2CCC(C(C)C)CC2)C1. The zero-order valence-electron chi connectivity index (χ0n) is 11.7. The number of rotatable bonds is 4. The molecule has 17 heavy (non-hydrogen) atoms. The van der Waals surface area contributed by atoms with Crippen molar-refractivity contribution in [2.24, 2.45) is 11.8 Å². The topological polar surface area (TPSA) is 12.0 Å². The van der Waals surface area contributed by atoms with Crippen molar-refractivity contribution < 1.29 is 0 Å². The molecule has 100 valence electrons. The quantitative estimate of drug-likeness (QED) is 0.812. The maximum Gasteiger partial charge on any atom is 0.00805 e. The third-order valence-corrected chi connectivity index (χ3v) is 6.00. The summed E-state index contributed by atoms with van der Waals surface area (Å²) in [6.45, 7) is 4.77. The Morgan fingerprint density at radius 2 is 1.59 bits per heavy atom. The number of hydrogen-bond donors (Lipinski definition) is 1. The van der Waals surface area contributed by atoms with E-state index in [-0.39, 0.29) is 0 Å². The molecule has 2 fully saturated rings. The minimum Gasteiger partial charge on any atom is -0.311 e. The van der Waals surface area contributed by atoms with Crippen molar-refractivity contribution in [3.63, 3.8) is 0 Å². The highest BCUT2D eigenvalue weighted by Gasteiger charge is 2.28. The van der Waals surface area contributed by atoms with Crippen LogP contribution in [-0.4, -0.2) is 23.6 Å². The van der Waals surface area contributed by atoms with Crippen LogP contribution in [0.2, 0.25) is 0 Å². The molecule has 2 heteroatoms. The summed E-state index contributed by atoms with van der Waals surface area (Å²) in [6.07, 6.45) is 12.3. The van der Waals surface area contributed by atoms with E-state index >= 15 is 0 Å².